The molecule has 122 valence electrons. The Hall–Kier alpha value is -3.28. The van der Waals surface area contributed by atoms with Gasteiger partial charge in [-0.1, -0.05) is 6.07 Å². The Balaban J connectivity index is 2.09. The predicted molar refractivity (Wildman–Crippen MR) is 86.6 cm³/mol. The molecule has 0 aliphatic heterocycles. The first-order valence-corrected chi connectivity index (χ1v) is 7.06. The highest BCUT2D eigenvalue weighted by atomic mass is 16.5. The van der Waals surface area contributed by atoms with Crippen molar-refractivity contribution in [3.05, 3.63) is 52.6 Å². The molecule has 0 amide bonds. The maximum Gasteiger partial charge on any atom is 0.336 e. The number of ether oxygens (including phenoxy) is 2. The third-order valence-electron chi connectivity index (χ3n) is 3.89. The van der Waals surface area contributed by atoms with Crippen molar-refractivity contribution in [1.29, 1.82) is 0 Å². The molecule has 6 heteroatoms. The van der Waals surface area contributed by atoms with Gasteiger partial charge in [0, 0.05) is 0 Å². The number of hydrogen-bond donors (Lipinski definition) is 2. The van der Waals surface area contributed by atoms with Gasteiger partial charge in [-0.25, -0.2) is 4.79 Å². The number of aromatic hydroxyl groups is 1. The molecule has 1 aliphatic rings. The van der Waals surface area contributed by atoms with Gasteiger partial charge in [-0.15, -0.1) is 0 Å². The highest BCUT2D eigenvalue weighted by Crippen LogP contribution is 2.39. The van der Waals surface area contributed by atoms with Crippen molar-refractivity contribution >= 4 is 23.4 Å². The Bertz CT molecular complexity index is 872. The summed E-state index contributed by atoms with van der Waals surface area (Å²) < 4.78 is 10.4. The van der Waals surface area contributed by atoms with E-state index in [1.165, 1.54) is 32.4 Å². The number of ketones is 1. The van der Waals surface area contributed by atoms with Gasteiger partial charge in [0.05, 0.1) is 25.4 Å². The lowest BCUT2D eigenvalue weighted by Crippen LogP contribution is -2.12. The molecule has 0 atom stereocenters. The van der Waals surface area contributed by atoms with E-state index in [0.29, 0.717) is 22.6 Å². The Morgan fingerprint density at radius 1 is 1.04 bits per heavy atom. The first-order valence-electron chi connectivity index (χ1n) is 7.06. The van der Waals surface area contributed by atoms with Crippen LogP contribution in [0.15, 0.2) is 30.3 Å². The van der Waals surface area contributed by atoms with Gasteiger partial charge in [-0.2, -0.15) is 0 Å². The maximum absolute atomic E-state index is 12.9. The van der Waals surface area contributed by atoms with E-state index in [2.05, 4.69) is 0 Å². The fourth-order valence-electron chi connectivity index (χ4n) is 2.68. The van der Waals surface area contributed by atoms with E-state index in [0.717, 1.165) is 0 Å². The summed E-state index contributed by atoms with van der Waals surface area (Å²) in [6, 6.07) is 7.68. The molecule has 0 unspecified atom stereocenters. The van der Waals surface area contributed by atoms with Crippen molar-refractivity contribution in [2.75, 3.05) is 14.2 Å². The van der Waals surface area contributed by atoms with E-state index in [-0.39, 0.29) is 22.4 Å². The summed E-state index contributed by atoms with van der Waals surface area (Å²) in [6.07, 6.45) is 1.45. The van der Waals surface area contributed by atoms with Crippen LogP contribution in [0.4, 0.5) is 0 Å². The summed E-state index contributed by atoms with van der Waals surface area (Å²) >= 11 is 0. The van der Waals surface area contributed by atoms with Crippen molar-refractivity contribution in [3.63, 3.8) is 0 Å². The van der Waals surface area contributed by atoms with E-state index in [1.54, 1.807) is 18.2 Å². The minimum absolute atomic E-state index is 0.0530. The second kappa shape index (κ2) is 5.73. The number of phenolic OH excluding ortho intramolecular Hbond substituents is 1. The molecule has 3 rings (SSSR count). The summed E-state index contributed by atoms with van der Waals surface area (Å²) in [5.74, 6) is -1.20. The Kier molecular flexibility index (Phi) is 3.73. The lowest BCUT2D eigenvalue weighted by Gasteiger charge is -2.19. The number of carboxylic acid groups (broad SMARTS) is 1. The van der Waals surface area contributed by atoms with E-state index in [9.17, 15) is 14.7 Å². The van der Waals surface area contributed by atoms with Crippen LogP contribution in [0.3, 0.4) is 0 Å². The minimum Gasteiger partial charge on any atom is -0.507 e. The third-order valence-corrected chi connectivity index (χ3v) is 3.89. The lowest BCUT2D eigenvalue weighted by atomic mass is 9.85. The van der Waals surface area contributed by atoms with Crippen molar-refractivity contribution in [1.82, 2.24) is 0 Å². The van der Waals surface area contributed by atoms with Crippen LogP contribution in [0.25, 0.3) is 11.6 Å². The van der Waals surface area contributed by atoms with Crippen LogP contribution in [-0.4, -0.2) is 36.2 Å². The number of carbonyl (C=O) groups excluding carboxylic acids is 1. The third kappa shape index (κ3) is 2.28. The molecule has 0 spiro atoms. The summed E-state index contributed by atoms with van der Waals surface area (Å²) in [4.78, 5) is 23.9. The highest BCUT2D eigenvalue weighted by Gasteiger charge is 2.28. The van der Waals surface area contributed by atoms with E-state index in [4.69, 9.17) is 14.6 Å². The monoisotopic (exact) mass is 326 g/mol. The van der Waals surface area contributed by atoms with Crippen LogP contribution >= 0.6 is 0 Å². The number of benzene rings is 2. The van der Waals surface area contributed by atoms with Gasteiger partial charge < -0.3 is 19.7 Å². The van der Waals surface area contributed by atoms with E-state index < -0.39 is 11.8 Å². The average molecular weight is 326 g/mol. The van der Waals surface area contributed by atoms with Gasteiger partial charge in [0.2, 0.25) is 5.78 Å². The number of hydrogen-bond acceptors (Lipinski definition) is 5. The van der Waals surface area contributed by atoms with E-state index in [1.807, 2.05) is 0 Å². The minimum atomic E-state index is -1.08. The highest BCUT2D eigenvalue weighted by molar-refractivity contribution is 6.27. The number of aliphatic carboxylic acids is 1. The molecule has 24 heavy (non-hydrogen) atoms. The first kappa shape index (κ1) is 15.6. The van der Waals surface area contributed by atoms with Crippen LogP contribution in [-0.2, 0) is 4.79 Å². The molecule has 6 nitrogen and oxygen atoms in total. The molecule has 2 aromatic rings. The van der Waals surface area contributed by atoms with E-state index >= 15 is 0 Å². The zero-order valence-corrected chi connectivity index (χ0v) is 13.0. The number of carboxylic acids is 1. The number of phenols is 1. The number of fused-ring (bicyclic) bond motifs is 1. The molecular weight excluding hydrogens is 312 g/mol. The van der Waals surface area contributed by atoms with Gasteiger partial charge in [0.25, 0.3) is 0 Å². The zero-order chi connectivity index (χ0) is 17.4. The van der Waals surface area contributed by atoms with Crippen molar-refractivity contribution in [2.24, 2.45) is 0 Å². The van der Waals surface area contributed by atoms with Crippen LogP contribution in [0.1, 0.15) is 27.0 Å². The van der Waals surface area contributed by atoms with Crippen LogP contribution in [0.5, 0.6) is 17.2 Å². The summed E-state index contributed by atoms with van der Waals surface area (Å²) in [5.41, 5.74) is 1.34. The summed E-state index contributed by atoms with van der Waals surface area (Å²) in [5, 5.41) is 19.2. The molecule has 1 aliphatic carbocycles. The van der Waals surface area contributed by atoms with Crippen LogP contribution in [0.2, 0.25) is 0 Å². The zero-order valence-electron chi connectivity index (χ0n) is 13.0. The van der Waals surface area contributed by atoms with Gasteiger partial charge >= 0.3 is 5.97 Å². The van der Waals surface area contributed by atoms with Gasteiger partial charge in [0.1, 0.15) is 22.8 Å². The second-order valence-electron chi connectivity index (χ2n) is 5.19. The molecule has 0 fully saturated rings. The fourth-order valence-corrected chi connectivity index (χ4v) is 2.68. The molecule has 0 aromatic heterocycles. The van der Waals surface area contributed by atoms with Gasteiger partial charge in [0.15, 0.2) is 0 Å². The Morgan fingerprint density at radius 3 is 2.21 bits per heavy atom. The number of rotatable bonds is 5. The molecule has 0 heterocycles. The molecule has 0 saturated carbocycles. The fraction of sp³-hybridized carbons (Fsp3) is 0.111. The smallest absolute Gasteiger partial charge is 0.336 e. The molecule has 0 bridgehead atoms. The predicted octanol–water partition coefficient (Wildman–Crippen LogP) is 2.58. The Morgan fingerprint density at radius 2 is 1.67 bits per heavy atom. The SMILES string of the molecule is COc1cccc(OC)c1C(=O)c1cc2c(cc1O)C(C(=O)O)=C2. The van der Waals surface area contributed by atoms with Gasteiger partial charge in [-0.3, -0.25) is 4.79 Å². The second-order valence-corrected chi connectivity index (χ2v) is 5.19. The average Bonchev–Trinajstić information content (AvgIpc) is 2.56. The number of methoxy groups -OCH3 is 2. The molecule has 0 radical (unpaired) electrons. The number of carbonyl (C=O) groups is 2. The first-order chi connectivity index (χ1) is 11.5. The lowest BCUT2D eigenvalue weighted by molar-refractivity contribution is -0.130. The van der Waals surface area contributed by atoms with Gasteiger partial charge in [-0.05, 0) is 41.5 Å². The summed E-state index contributed by atoms with van der Waals surface area (Å²) in [7, 11) is 2.87. The molecule has 2 aromatic carbocycles. The van der Waals surface area contributed by atoms with Crippen LogP contribution in [0, 0.1) is 0 Å². The topological polar surface area (TPSA) is 93.1 Å². The van der Waals surface area contributed by atoms with Crippen molar-refractivity contribution in [3.8, 4) is 17.2 Å². The normalized spacial score (nSPS) is 11.8. The van der Waals surface area contributed by atoms with Crippen molar-refractivity contribution in [2.45, 2.75) is 0 Å². The molecule has 0 saturated heterocycles. The maximum atomic E-state index is 12.9. The largest absolute Gasteiger partial charge is 0.507 e. The molecular formula is C18H14O6. The molecule has 2 N–H and O–H groups in total. The van der Waals surface area contributed by atoms with Crippen LogP contribution < -0.4 is 9.47 Å². The quantitative estimate of drug-likeness (QED) is 0.820. The Labute approximate surface area is 137 Å². The summed E-state index contributed by atoms with van der Waals surface area (Å²) in [6.45, 7) is 0. The van der Waals surface area contributed by atoms with Crippen molar-refractivity contribution < 1.29 is 29.3 Å². The standard InChI is InChI=1S/C18H14O6/c1-23-14-4-3-5-15(24-2)16(14)17(20)12-7-9-6-11(18(21)22)10(9)8-13(12)19/h3-8,19H,1-2H3,(H,21,22).